The summed E-state index contributed by atoms with van der Waals surface area (Å²) >= 11 is 0. The number of hydrogen-bond acceptors (Lipinski definition) is 5. The van der Waals surface area contributed by atoms with Crippen molar-refractivity contribution >= 4 is 16.0 Å². The van der Waals surface area contributed by atoms with E-state index >= 15 is 0 Å². The topological polar surface area (TPSA) is 92.7 Å². The predicted molar refractivity (Wildman–Crippen MR) is 121 cm³/mol. The van der Waals surface area contributed by atoms with Gasteiger partial charge in [0.05, 0.1) is 10.9 Å². The van der Waals surface area contributed by atoms with Crippen molar-refractivity contribution in [2.24, 2.45) is 16.7 Å². The number of carbonyl (C=O) groups is 1. The van der Waals surface area contributed by atoms with Crippen LogP contribution in [0.15, 0.2) is 59.5 Å². The molecule has 4 rings (SSSR count). The molecule has 2 N–H and O–H groups in total. The molecule has 0 unspecified atom stereocenters. The summed E-state index contributed by atoms with van der Waals surface area (Å²) in [5, 5.41) is 10.5. The van der Waals surface area contributed by atoms with Crippen molar-refractivity contribution in [1.29, 1.82) is 0 Å². The zero-order chi connectivity index (χ0) is 23.3. The Hall–Kier alpha value is -2.22. The highest BCUT2D eigenvalue weighted by Crippen LogP contribution is 2.66. The number of nitrogens with one attached hydrogen (secondary N) is 1. The summed E-state index contributed by atoms with van der Waals surface area (Å²) in [6.45, 7) is 8.18. The molecule has 0 amide bonds. The molecule has 32 heavy (non-hydrogen) atoms. The first kappa shape index (κ1) is 23.0. The highest BCUT2D eigenvalue weighted by Gasteiger charge is 2.68. The van der Waals surface area contributed by atoms with Crippen LogP contribution in [0.25, 0.3) is 0 Å². The highest BCUT2D eigenvalue weighted by atomic mass is 32.2. The van der Waals surface area contributed by atoms with Crippen LogP contribution in [0, 0.1) is 23.7 Å². The van der Waals surface area contributed by atoms with E-state index in [0.29, 0.717) is 5.56 Å². The number of benzene rings is 2. The minimum absolute atomic E-state index is 0.0133. The Balaban J connectivity index is 1.63. The summed E-state index contributed by atoms with van der Waals surface area (Å²) < 4.78 is 35.1. The number of esters is 1. The van der Waals surface area contributed by atoms with Gasteiger partial charge in [0.1, 0.15) is 6.10 Å². The van der Waals surface area contributed by atoms with Crippen LogP contribution in [0.4, 0.5) is 0 Å². The van der Waals surface area contributed by atoms with Gasteiger partial charge >= 0.3 is 5.97 Å². The second-order valence-corrected chi connectivity index (χ2v) is 11.6. The van der Waals surface area contributed by atoms with E-state index in [1.807, 2.05) is 6.92 Å². The van der Waals surface area contributed by atoms with Gasteiger partial charge in [0.2, 0.25) is 10.0 Å². The third kappa shape index (κ3) is 3.66. The summed E-state index contributed by atoms with van der Waals surface area (Å²) in [6, 6.07) is 14.7. The van der Waals surface area contributed by atoms with Crippen molar-refractivity contribution in [3.05, 3.63) is 65.7 Å². The van der Waals surface area contributed by atoms with Gasteiger partial charge in [-0.15, -0.1) is 0 Å². The highest BCUT2D eigenvalue weighted by molar-refractivity contribution is 7.89. The second kappa shape index (κ2) is 7.97. The fraction of sp³-hybridized carbons (Fsp3) is 0.480. The summed E-state index contributed by atoms with van der Waals surface area (Å²) in [4.78, 5) is 13.1. The van der Waals surface area contributed by atoms with Crippen LogP contribution in [0.5, 0.6) is 0 Å². The molecule has 0 saturated heterocycles. The minimum atomic E-state index is -3.80. The Morgan fingerprint density at radius 3 is 2.34 bits per heavy atom. The van der Waals surface area contributed by atoms with Crippen molar-refractivity contribution in [2.45, 2.75) is 63.7 Å². The molecule has 0 heterocycles. The Labute approximate surface area is 190 Å². The van der Waals surface area contributed by atoms with E-state index in [9.17, 15) is 18.3 Å². The molecule has 2 fully saturated rings. The van der Waals surface area contributed by atoms with Crippen LogP contribution in [0.2, 0.25) is 0 Å². The SMILES string of the molecule is Cc1ccc(S(=O)(=O)N[C@@H]2[C@H]3CC[C@@](C)([C@@H]2OC(=O)[C@H](O)c2ccccc2)C3(C)C)cc1. The van der Waals surface area contributed by atoms with E-state index in [4.69, 9.17) is 4.74 Å². The molecular weight excluding hydrogens is 426 g/mol. The lowest BCUT2D eigenvalue weighted by Gasteiger charge is -2.39. The number of carbonyl (C=O) groups excluding carboxylic acids is 1. The molecule has 2 aromatic rings. The lowest BCUT2D eigenvalue weighted by atomic mass is 9.70. The average Bonchev–Trinajstić information content (AvgIpc) is 3.07. The molecular formula is C25H31NO5S. The van der Waals surface area contributed by atoms with Crippen molar-refractivity contribution in [1.82, 2.24) is 4.72 Å². The molecule has 6 nitrogen and oxygen atoms in total. The molecule has 2 bridgehead atoms. The predicted octanol–water partition coefficient (Wildman–Crippen LogP) is 3.74. The van der Waals surface area contributed by atoms with Crippen molar-refractivity contribution in [3.63, 3.8) is 0 Å². The number of hydrogen-bond donors (Lipinski definition) is 2. The third-order valence-corrected chi connectivity index (χ3v) is 9.44. The van der Waals surface area contributed by atoms with Crippen LogP contribution >= 0.6 is 0 Å². The fourth-order valence-corrected chi connectivity index (χ4v) is 6.86. The second-order valence-electron chi connectivity index (χ2n) is 9.92. The molecule has 7 heteroatoms. The monoisotopic (exact) mass is 457 g/mol. The summed E-state index contributed by atoms with van der Waals surface area (Å²) in [6.07, 6.45) is -0.425. The van der Waals surface area contributed by atoms with E-state index in [0.717, 1.165) is 18.4 Å². The quantitative estimate of drug-likeness (QED) is 0.645. The van der Waals surface area contributed by atoms with Gasteiger partial charge in [-0.3, -0.25) is 0 Å². The average molecular weight is 458 g/mol. The molecule has 2 saturated carbocycles. The molecule has 172 valence electrons. The first-order chi connectivity index (χ1) is 15.0. The summed E-state index contributed by atoms with van der Waals surface area (Å²) in [7, 11) is -3.80. The van der Waals surface area contributed by atoms with E-state index in [1.165, 1.54) is 0 Å². The van der Waals surface area contributed by atoms with Gasteiger partial charge in [0, 0.05) is 5.41 Å². The Bertz CT molecular complexity index is 1100. The van der Waals surface area contributed by atoms with Crippen molar-refractivity contribution < 1.29 is 23.1 Å². The maximum Gasteiger partial charge on any atom is 0.340 e. The van der Waals surface area contributed by atoms with Crippen LogP contribution < -0.4 is 4.72 Å². The van der Waals surface area contributed by atoms with Gasteiger partial charge < -0.3 is 9.84 Å². The Morgan fingerprint density at radius 2 is 1.72 bits per heavy atom. The van der Waals surface area contributed by atoms with Gasteiger partial charge in [-0.25, -0.2) is 17.9 Å². The largest absolute Gasteiger partial charge is 0.458 e. The molecule has 2 aliphatic carbocycles. The van der Waals surface area contributed by atoms with Crippen LogP contribution in [0.3, 0.4) is 0 Å². The van der Waals surface area contributed by atoms with E-state index < -0.39 is 39.7 Å². The zero-order valence-electron chi connectivity index (χ0n) is 18.9. The molecule has 0 radical (unpaired) electrons. The van der Waals surface area contributed by atoms with E-state index in [1.54, 1.807) is 54.6 Å². The zero-order valence-corrected chi connectivity index (χ0v) is 19.7. The number of aliphatic hydroxyl groups excluding tert-OH is 1. The number of fused-ring (bicyclic) bond motifs is 2. The van der Waals surface area contributed by atoms with E-state index in [2.05, 4.69) is 25.5 Å². The summed E-state index contributed by atoms with van der Waals surface area (Å²) in [5.41, 5.74) is 0.765. The van der Waals surface area contributed by atoms with Gasteiger partial charge in [-0.1, -0.05) is 68.8 Å². The Morgan fingerprint density at radius 1 is 1.09 bits per heavy atom. The number of ether oxygens (including phenoxy) is 1. The Kier molecular flexibility index (Phi) is 5.72. The lowest BCUT2D eigenvalue weighted by Crippen LogP contribution is -2.51. The minimum Gasteiger partial charge on any atom is -0.458 e. The van der Waals surface area contributed by atoms with Crippen LogP contribution in [0.1, 0.15) is 50.8 Å². The van der Waals surface area contributed by atoms with Crippen molar-refractivity contribution in [3.8, 4) is 0 Å². The maximum absolute atomic E-state index is 13.2. The number of rotatable bonds is 6. The van der Waals surface area contributed by atoms with Crippen LogP contribution in [-0.2, 0) is 19.6 Å². The lowest BCUT2D eigenvalue weighted by molar-refractivity contribution is -0.168. The summed E-state index contributed by atoms with van der Waals surface area (Å²) in [5.74, 6) is -0.746. The smallest absolute Gasteiger partial charge is 0.340 e. The number of aliphatic hydroxyl groups is 1. The number of sulfonamides is 1. The fourth-order valence-electron chi connectivity index (χ4n) is 5.58. The number of aryl methyl sites for hydroxylation is 1. The van der Waals surface area contributed by atoms with Gasteiger partial charge in [-0.05, 0) is 48.8 Å². The first-order valence-electron chi connectivity index (χ1n) is 11.0. The molecule has 0 aliphatic heterocycles. The molecule has 0 aromatic heterocycles. The molecule has 0 spiro atoms. The van der Waals surface area contributed by atoms with Gasteiger partial charge in [0.25, 0.3) is 0 Å². The van der Waals surface area contributed by atoms with E-state index in [-0.39, 0.29) is 16.2 Å². The first-order valence-corrected chi connectivity index (χ1v) is 12.5. The van der Waals surface area contributed by atoms with Gasteiger partial charge in [-0.2, -0.15) is 0 Å². The molecule has 2 aromatic carbocycles. The van der Waals surface area contributed by atoms with Crippen LogP contribution in [-0.4, -0.2) is 31.6 Å². The maximum atomic E-state index is 13.2. The normalized spacial score (nSPS) is 29.6. The van der Waals surface area contributed by atoms with Gasteiger partial charge in [0.15, 0.2) is 6.10 Å². The molecule has 5 atom stereocenters. The third-order valence-electron chi connectivity index (χ3n) is 7.97. The molecule has 2 aliphatic rings. The van der Waals surface area contributed by atoms with Crippen molar-refractivity contribution in [2.75, 3.05) is 0 Å². The standard InChI is InChI=1S/C25H31NO5S/c1-16-10-12-18(13-11-16)32(29,30)26-20-19-14-15-25(4,24(19,2)3)22(20)31-23(28)21(27)17-8-6-5-7-9-17/h5-13,19-22,26-27H,14-15H2,1-4H3/t19-,20-,21-,22-,25+/m1/s1.